The second-order valence-corrected chi connectivity index (χ2v) is 2.47. The van der Waals surface area contributed by atoms with Crippen LogP contribution in [0.2, 0.25) is 0 Å². The number of aromatic amines is 1. The largest absolute Gasteiger partial charge is 0.407 e. The van der Waals surface area contributed by atoms with Crippen LogP contribution in [0.1, 0.15) is 11.6 Å². The molecule has 0 spiro atoms. The number of nitrogens with one attached hydrogen (secondary N) is 1. The molecule has 0 aliphatic carbocycles. The van der Waals surface area contributed by atoms with Crippen molar-refractivity contribution in [2.24, 2.45) is 5.73 Å². The topological polar surface area (TPSA) is 58.9 Å². The van der Waals surface area contributed by atoms with E-state index in [0.717, 1.165) is 6.07 Å². The molecule has 3 N–H and O–H groups in total. The molecule has 0 bridgehead atoms. The van der Waals surface area contributed by atoms with E-state index < -0.39 is 23.3 Å². The van der Waals surface area contributed by atoms with Gasteiger partial charge in [-0.1, -0.05) is 6.07 Å². The first kappa shape index (κ1) is 9.79. The molecule has 0 saturated carbocycles. The summed E-state index contributed by atoms with van der Waals surface area (Å²) in [6.07, 6.45) is -3.34. The van der Waals surface area contributed by atoms with Gasteiger partial charge in [-0.05, 0) is 6.07 Å². The van der Waals surface area contributed by atoms with E-state index in [1.54, 1.807) is 0 Å². The molecule has 0 aliphatic heterocycles. The molecule has 72 valence electrons. The zero-order chi connectivity index (χ0) is 10.1. The van der Waals surface area contributed by atoms with Gasteiger partial charge >= 0.3 is 6.18 Å². The summed E-state index contributed by atoms with van der Waals surface area (Å²) < 4.78 is 36.1. The number of rotatable bonds is 1. The van der Waals surface area contributed by atoms with Gasteiger partial charge in [-0.25, -0.2) is 0 Å². The van der Waals surface area contributed by atoms with Crippen LogP contribution in [0.15, 0.2) is 23.1 Å². The Morgan fingerprint density at radius 2 is 2.08 bits per heavy atom. The Morgan fingerprint density at radius 1 is 1.46 bits per heavy atom. The Kier molecular flexibility index (Phi) is 2.42. The Morgan fingerprint density at radius 3 is 2.54 bits per heavy atom. The molecule has 0 radical (unpaired) electrons. The molecule has 0 saturated heterocycles. The standard InChI is InChI=1S/C7H7F3N2O/c8-7(9,10)5(11)4-2-1-3-12-6(4)13/h1-3,5H,11H2,(H,12,13)/t5-/m1/s1. The zero-order valence-corrected chi connectivity index (χ0v) is 6.43. The summed E-state index contributed by atoms with van der Waals surface area (Å²) in [4.78, 5) is 13.0. The Bertz CT molecular complexity index is 344. The van der Waals surface area contributed by atoms with Crippen LogP contribution in [0.3, 0.4) is 0 Å². The summed E-state index contributed by atoms with van der Waals surface area (Å²) in [5, 5.41) is 0. The lowest BCUT2D eigenvalue weighted by Gasteiger charge is -2.14. The van der Waals surface area contributed by atoms with Crippen LogP contribution in [0.4, 0.5) is 13.2 Å². The van der Waals surface area contributed by atoms with Crippen LogP contribution in [0.5, 0.6) is 0 Å². The van der Waals surface area contributed by atoms with E-state index in [1.807, 2.05) is 0 Å². The van der Waals surface area contributed by atoms with Crippen LogP contribution in [-0.2, 0) is 0 Å². The second-order valence-electron chi connectivity index (χ2n) is 2.47. The van der Waals surface area contributed by atoms with Crippen molar-refractivity contribution < 1.29 is 13.2 Å². The maximum Gasteiger partial charge on any atom is 0.407 e. The quantitative estimate of drug-likeness (QED) is 0.695. The Balaban J connectivity index is 3.10. The highest BCUT2D eigenvalue weighted by atomic mass is 19.4. The van der Waals surface area contributed by atoms with Gasteiger partial charge in [0.1, 0.15) is 6.04 Å². The van der Waals surface area contributed by atoms with E-state index in [9.17, 15) is 18.0 Å². The lowest BCUT2D eigenvalue weighted by Crippen LogP contribution is -2.33. The van der Waals surface area contributed by atoms with E-state index in [2.05, 4.69) is 4.98 Å². The van der Waals surface area contributed by atoms with E-state index in [0.29, 0.717) is 0 Å². The molecule has 0 aliphatic rings. The number of alkyl halides is 3. The smallest absolute Gasteiger partial charge is 0.329 e. The Labute approximate surface area is 71.4 Å². The maximum absolute atomic E-state index is 12.0. The summed E-state index contributed by atoms with van der Waals surface area (Å²) in [5.74, 6) is 0. The molecule has 1 atom stereocenters. The van der Waals surface area contributed by atoms with Crippen LogP contribution in [0.25, 0.3) is 0 Å². The fourth-order valence-electron chi connectivity index (χ4n) is 0.856. The molecule has 6 heteroatoms. The number of H-pyrrole nitrogens is 1. The maximum atomic E-state index is 12.0. The number of pyridine rings is 1. The predicted octanol–water partition coefficient (Wildman–Crippen LogP) is 0.937. The minimum Gasteiger partial charge on any atom is -0.329 e. The van der Waals surface area contributed by atoms with Crippen molar-refractivity contribution in [3.8, 4) is 0 Å². The third-order valence-corrected chi connectivity index (χ3v) is 1.54. The van der Waals surface area contributed by atoms with Crippen LogP contribution >= 0.6 is 0 Å². The van der Waals surface area contributed by atoms with E-state index >= 15 is 0 Å². The summed E-state index contributed by atoms with van der Waals surface area (Å²) >= 11 is 0. The van der Waals surface area contributed by atoms with Gasteiger partial charge in [-0.2, -0.15) is 13.2 Å². The SMILES string of the molecule is N[C@H](c1ccc[nH]c1=O)C(F)(F)F. The van der Waals surface area contributed by atoms with Gasteiger partial charge in [0, 0.05) is 11.8 Å². The third kappa shape index (κ3) is 2.09. The normalized spacial score (nSPS) is 14.2. The predicted molar refractivity (Wildman–Crippen MR) is 40.0 cm³/mol. The number of hydrogen-bond donors (Lipinski definition) is 2. The van der Waals surface area contributed by atoms with Gasteiger partial charge in [0.05, 0.1) is 0 Å². The average Bonchev–Trinajstić information content (AvgIpc) is 2.02. The number of halogens is 3. The first-order valence-corrected chi connectivity index (χ1v) is 3.43. The molecule has 0 amide bonds. The summed E-state index contributed by atoms with van der Waals surface area (Å²) in [6.45, 7) is 0. The molecule has 3 nitrogen and oxygen atoms in total. The lowest BCUT2D eigenvalue weighted by atomic mass is 10.1. The zero-order valence-electron chi connectivity index (χ0n) is 6.43. The van der Waals surface area contributed by atoms with E-state index in [1.165, 1.54) is 12.3 Å². The number of aromatic nitrogens is 1. The van der Waals surface area contributed by atoms with Crippen molar-refractivity contribution in [1.29, 1.82) is 0 Å². The Hall–Kier alpha value is -1.30. The first-order chi connectivity index (χ1) is 5.93. The van der Waals surface area contributed by atoms with Crippen molar-refractivity contribution in [3.05, 3.63) is 34.2 Å². The van der Waals surface area contributed by atoms with Crippen molar-refractivity contribution in [2.45, 2.75) is 12.2 Å². The van der Waals surface area contributed by atoms with Gasteiger partial charge in [-0.3, -0.25) is 4.79 Å². The van der Waals surface area contributed by atoms with Gasteiger partial charge in [0.15, 0.2) is 0 Å². The molecule has 1 heterocycles. The molecule has 0 unspecified atom stereocenters. The van der Waals surface area contributed by atoms with Crippen molar-refractivity contribution in [1.82, 2.24) is 4.98 Å². The fourth-order valence-corrected chi connectivity index (χ4v) is 0.856. The monoisotopic (exact) mass is 192 g/mol. The third-order valence-electron chi connectivity index (χ3n) is 1.54. The molecule has 13 heavy (non-hydrogen) atoms. The molecule has 1 aromatic heterocycles. The van der Waals surface area contributed by atoms with Crippen molar-refractivity contribution in [2.75, 3.05) is 0 Å². The fraction of sp³-hybridized carbons (Fsp3) is 0.286. The van der Waals surface area contributed by atoms with Crippen LogP contribution in [0, 0.1) is 0 Å². The minimum atomic E-state index is -4.59. The van der Waals surface area contributed by atoms with Gasteiger partial charge < -0.3 is 10.7 Å². The summed E-state index contributed by atoms with van der Waals surface area (Å²) in [6, 6.07) is 0.122. The highest BCUT2D eigenvalue weighted by Crippen LogP contribution is 2.28. The summed E-state index contributed by atoms with van der Waals surface area (Å²) in [7, 11) is 0. The van der Waals surface area contributed by atoms with Gasteiger partial charge in [0.2, 0.25) is 0 Å². The van der Waals surface area contributed by atoms with E-state index in [-0.39, 0.29) is 0 Å². The van der Waals surface area contributed by atoms with Crippen LogP contribution < -0.4 is 11.3 Å². The number of hydrogen-bond acceptors (Lipinski definition) is 2. The molecule has 1 aromatic rings. The van der Waals surface area contributed by atoms with Crippen LogP contribution in [-0.4, -0.2) is 11.2 Å². The van der Waals surface area contributed by atoms with E-state index in [4.69, 9.17) is 5.73 Å². The highest BCUT2D eigenvalue weighted by molar-refractivity contribution is 5.15. The molecular weight excluding hydrogens is 185 g/mol. The van der Waals surface area contributed by atoms with Crippen molar-refractivity contribution in [3.63, 3.8) is 0 Å². The molecular formula is C7H7F3N2O. The molecule has 0 fully saturated rings. The summed E-state index contributed by atoms with van der Waals surface area (Å²) in [5.41, 5.74) is 3.54. The molecule has 1 rings (SSSR count). The second kappa shape index (κ2) is 3.21. The molecule has 0 aromatic carbocycles. The lowest BCUT2D eigenvalue weighted by molar-refractivity contribution is -0.149. The highest BCUT2D eigenvalue weighted by Gasteiger charge is 2.39. The van der Waals surface area contributed by atoms with Gasteiger partial charge in [-0.15, -0.1) is 0 Å². The van der Waals surface area contributed by atoms with Gasteiger partial charge in [0.25, 0.3) is 5.56 Å². The van der Waals surface area contributed by atoms with Crippen molar-refractivity contribution >= 4 is 0 Å². The number of nitrogens with two attached hydrogens (primary N) is 1. The minimum absolute atomic E-state index is 0.477. The average molecular weight is 192 g/mol. The first-order valence-electron chi connectivity index (χ1n) is 3.43.